The Hall–Kier alpha value is -0.940. The number of aryl methyl sites for hydroxylation is 1. The van der Waals surface area contributed by atoms with E-state index in [1.807, 2.05) is 12.1 Å². The van der Waals surface area contributed by atoms with E-state index in [4.69, 9.17) is 9.47 Å². The van der Waals surface area contributed by atoms with E-state index in [0.717, 1.165) is 18.5 Å². The van der Waals surface area contributed by atoms with Gasteiger partial charge in [-0.2, -0.15) is 0 Å². The van der Waals surface area contributed by atoms with E-state index in [2.05, 4.69) is 30.9 Å². The molecule has 0 fully saturated rings. The fraction of sp³-hybridized carbons (Fsp3) is 0.647. The molecule has 0 spiro atoms. The summed E-state index contributed by atoms with van der Waals surface area (Å²) in [4.78, 5) is 2.20. The Morgan fingerprint density at radius 1 is 1.14 bits per heavy atom. The summed E-state index contributed by atoms with van der Waals surface area (Å²) < 4.78 is 10.4. The largest absolute Gasteiger partial charge is 0.387 e. The van der Waals surface area contributed by atoms with E-state index in [-0.39, 0.29) is 6.04 Å². The summed E-state index contributed by atoms with van der Waals surface area (Å²) >= 11 is 0. The highest BCUT2D eigenvalue weighted by atomic mass is 16.5. The molecule has 0 saturated carbocycles. The number of benzene rings is 1. The molecule has 120 valence electrons. The number of ether oxygens (including phenoxy) is 2. The lowest BCUT2D eigenvalue weighted by Gasteiger charge is -2.30. The maximum Gasteiger partial charge on any atom is 0.0917 e. The SMILES string of the molecule is CCc1ccc(C(O)CN(CCOC)C(C)COC)cc1. The topological polar surface area (TPSA) is 41.9 Å². The molecule has 0 saturated heterocycles. The standard InChI is InChI=1S/C17H29NO3/c1-5-15-6-8-16(9-7-15)17(19)12-18(10-11-20-3)14(2)13-21-4/h6-9,14,17,19H,5,10-13H2,1-4H3. The molecule has 1 N–H and O–H groups in total. The number of aliphatic hydroxyl groups excluding tert-OH is 1. The van der Waals surface area contributed by atoms with Crippen LogP contribution in [0.5, 0.6) is 0 Å². The lowest BCUT2D eigenvalue weighted by Crippen LogP contribution is -2.41. The number of methoxy groups -OCH3 is 2. The van der Waals surface area contributed by atoms with Gasteiger partial charge in [-0.05, 0) is 24.5 Å². The van der Waals surface area contributed by atoms with E-state index in [1.165, 1.54) is 5.56 Å². The van der Waals surface area contributed by atoms with Crippen LogP contribution in [-0.4, -0.2) is 56.6 Å². The number of hydrogen-bond donors (Lipinski definition) is 1. The monoisotopic (exact) mass is 295 g/mol. The molecule has 0 aliphatic heterocycles. The molecule has 0 aromatic heterocycles. The van der Waals surface area contributed by atoms with Gasteiger partial charge in [0.2, 0.25) is 0 Å². The number of rotatable bonds is 10. The van der Waals surface area contributed by atoms with Crippen molar-refractivity contribution in [2.75, 3.05) is 40.5 Å². The summed E-state index contributed by atoms with van der Waals surface area (Å²) in [5, 5.41) is 10.4. The fourth-order valence-electron chi connectivity index (χ4n) is 2.35. The molecule has 2 unspecified atom stereocenters. The van der Waals surface area contributed by atoms with Crippen LogP contribution in [0.15, 0.2) is 24.3 Å². The highest BCUT2D eigenvalue weighted by Crippen LogP contribution is 2.17. The van der Waals surface area contributed by atoms with Crippen LogP contribution in [-0.2, 0) is 15.9 Å². The third-order valence-electron chi connectivity index (χ3n) is 3.79. The Morgan fingerprint density at radius 3 is 2.33 bits per heavy atom. The quantitative estimate of drug-likeness (QED) is 0.719. The Bertz CT molecular complexity index is 380. The van der Waals surface area contributed by atoms with Crippen molar-refractivity contribution >= 4 is 0 Å². The van der Waals surface area contributed by atoms with Gasteiger partial charge in [-0.3, -0.25) is 4.90 Å². The third kappa shape index (κ3) is 6.14. The first kappa shape index (κ1) is 18.1. The van der Waals surface area contributed by atoms with Gasteiger partial charge < -0.3 is 14.6 Å². The van der Waals surface area contributed by atoms with Gasteiger partial charge in [-0.25, -0.2) is 0 Å². The number of hydrogen-bond acceptors (Lipinski definition) is 4. The molecule has 1 rings (SSSR count). The first-order valence-electron chi connectivity index (χ1n) is 7.61. The predicted molar refractivity (Wildman–Crippen MR) is 85.6 cm³/mol. The zero-order valence-electron chi connectivity index (χ0n) is 13.7. The maximum absolute atomic E-state index is 10.4. The minimum Gasteiger partial charge on any atom is -0.387 e. The van der Waals surface area contributed by atoms with E-state index in [0.29, 0.717) is 19.8 Å². The van der Waals surface area contributed by atoms with Crippen molar-refractivity contribution in [2.24, 2.45) is 0 Å². The van der Waals surface area contributed by atoms with Gasteiger partial charge in [0, 0.05) is 33.4 Å². The van der Waals surface area contributed by atoms with Gasteiger partial charge in [-0.1, -0.05) is 31.2 Å². The summed E-state index contributed by atoms with van der Waals surface area (Å²) in [5.74, 6) is 0. The molecule has 0 aliphatic rings. The van der Waals surface area contributed by atoms with Crippen LogP contribution in [0.3, 0.4) is 0 Å². The van der Waals surface area contributed by atoms with E-state index in [1.54, 1.807) is 14.2 Å². The van der Waals surface area contributed by atoms with Crippen LogP contribution < -0.4 is 0 Å². The maximum atomic E-state index is 10.4. The predicted octanol–water partition coefficient (Wildman–Crippen LogP) is 2.27. The Kier molecular flexibility index (Phi) is 8.54. The Labute approximate surface area is 128 Å². The highest BCUT2D eigenvalue weighted by molar-refractivity contribution is 5.24. The molecule has 0 heterocycles. The molecular formula is C17H29NO3. The van der Waals surface area contributed by atoms with Crippen LogP contribution in [0, 0.1) is 0 Å². The van der Waals surface area contributed by atoms with Crippen molar-refractivity contribution in [1.29, 1.82) is 0 Å². The number of nitrogens with zero attached hydrogens (tertiary/aromatic N) is 1. The third-order valence-corrected chi connectivity index (χ3v) is 3.79. The normalized spacial score (nSPS) is 14.4. The summed E-state index contributed by atoms with van der Waals surface area (Å²) in [6, 6.07) is 8.43. The first-order valence-corrected chi connectivity index (χ1v) is 7.61. The second-order valence-corrected chi connectivity index (χ2v) is 5.40. The zero-order valence-corrected chi connectivity index (χ0v) is 13.7. The zero-order chi connectivity index (χ0) is 15.7. The second kappa shape index (κ2) is 9.90. The van der Waals surface area contributed by atoms with Crippen molar-refractivity contribution in [1.82, 2.24) is 4.90 Å². The smallest absolute Gasteiger partial charge is 0.0917 e. The first-order chi connectivity index (χ1) is 10.1. The minimum atomic E-state index is -0.493. The van der Waals surface area contributed by atoms with Crippen molar-refractivity contribution in [3.8, 4) is 0 Å². The average molecular weight is 295 g/mol. The highest BCUT2D eigenvalue weighted by Gasteiger charge is 2.18. The lowest BCUT2D eigenvalue weighted by atomic mass is 10.0. The van der Waals surface area contributed by atoms with E-state index in [9.17, 15) is 5.11 Å². The molecule has 1 aromatic rings. The van der Waals surface area contributed by atoms with Crippen molar-refractivity contribution in [3.63, 3.8) is 0 Å². The summed E-state index contributed by atoms with van der Waals surface area (Å²) in [5.41, 5.74) is 2.24. The van der Waals surface area contributed by atoms with Crippen molar-refractivity contribution < 1.29 is 14.6 Å². The molecule has 0 bridgehead atoms. The summed E-state index contributed by atoms with van der Waals surface area (Å²) in [6.07, 6.45) is 0.522. The Balaban J connectivity index is 2.66. The van der Waals surface area contributed by atoms with Crippen LogP contribution in [0.1, 0.15) is 31.1 Å². The number of aliphatic hydroxyl groups is 1. The Morgan fingerprint density at radius 2 is 1.81 bits per heavy atom. The van der Waals surface area contributed by atoms with Gasteiger partial charge >= 0.3 is 0 Å². The minimum absolute atomic E-state index is 0.245. The lowest BCUT2D eigenvalue weighted by molar-refractivity contribution is 0.0386. The molecular weight excluding hydrogens is 266 g/mol. The van der Waals surface area contributed by atoms with Gasteiger partial charge in [0.1, 0.15) is 0 Å². The molecule has 21 heavy (non-hydrogen) atoms. The fourth-order valence-corrected chi connectivity index (χ4v) is 2.35. The molecule has 0 radical (unpaired) electrons. The molecule has 4 nitrogen and oxygen atoms in total. The van der Waals surface area contributed by atoms with E-state index >= 15 is 0 Å². The molecule has 1 aromatic carbocycles. The van der Waals surface area contributed by atoms with Gasteiger partial charge in [-0.15, -0.1) is 0 Å². The summed E-state index contributed by atoms with van der Waals surface area (Å²) in [6.45, 7) is 6.89. The van der Waals surface area contributed by atoms with Crippen LogP contribution in [0.4, 0.5) is 0 Å². The molecule has 2 atom stereocenters. The van der Waals surface area contributed by atoms with Gasteiger partial charge in [0.05, 0.1) is 19.3 Å². The summed E-state index contributed by atoms with van der Waals surface area (Å²) in [7, 11) is 3.39. The molecule has 0 amide bonds. The van der Waals surface area contributed by atoms with E-state index < -0.39 is 6.10 Å². The van der Waals surface area contributed by atoms with Crippen LogP contribution in [0.2, 0.25) is 0 Å². The van der Waals surface area contributed by atoms with Crippen molar-refractivity contribution in [2.45, 2.75) is 32.4 Å². The van der Waals surface area contributed by atoms with Gasteiger partial charge in [0.15, 0.2) is 0 Å². The van der Waals surface area contributed by atoms with Crippen molar-refractivity contribution in [3.05, 3.63) is 35.4 Å². The molecule has 0 aliphatic carbocycles. The second-order valence-electron chi connectivity index (χ2n) is 5.40. The van der Waals surface area contributed by atoms with Crippen LogP contribution >= 0.6 is 0 Å². The molecule has 4 heteroatoms. The van der Waals surface area contributed by atoms with Gasteiger partial charge in [0.25, 0.3) is 0 Å². The average Bonchev–Trinajstić information content (AvgIpc) is 2.51. The van der Waals surface area contributed by atoms with Crippen LogP contribution in [0.25, 0.3) is 0 Å².